The third kappa shape index (κ3) is 4.43. The first-order valence-corrected chi connectivity index (χ1v) is 10.9. The molecule has 1 aliphatic rings. The van der Waals surface area contributed by atoms with Gasteiger partial charge in [-0.3, -0.25) is 4.79 Å². The number of hydrogen-bond acceptors (Lipinski definition) is 4. The van der Waals surface area contributed by atoms with Crippen molar-refractivity contribution in [3.8, 4) is 0 Å². The minimum atomic E-state index is -3.61. The summed E-state index contributed by atoms with van der Waals surface area (Å²) < 4.78 is 27.5. The van der Waals surface area contributed by atoms with Gasteiger partial charge in [0.1, 0.15) is 0 Å². The molecule has 1 amide bonds. The van der Waals surface area contributed by atoms with Gasteiger partial charge < -0.3 is 10.2 Å². The molecule has 1 N–H and O–H groups in total. The number of piperazine rings is 1. The number of hydrogen-bond donors (Lipinski definition) is 1. The lowest BCUT2D eigenvalue weighted by molar-refractivity contribution is 0.0939. The van der Waals surface area contributed by atoms with E-state index in [2.05, 4.69) is 10.2 Å². The predicted molar refractivity (Wildman–Crippen MR) is 110 cm³/mol. The Morgan fingerprint density at radius 1 is 1.04 bits per heavy atom. The van der Waals surface area contributed by atoms with Crippen molar-refractivity contribution < 1.29 is 13.2 Å². The zero-order valence-electron chi connectivity index (χ0n) is 16.6. The van der Waals surface area contributed by atoms with Gasteiger partial charge in [-0.05, 0) is 44.2 Å². The molecule has 0 aromatic heterocycles. The molecule has 1 atom stereocenters. The number of aryl methyl sites for hydroxylation is 1. The largest absolute Gasteiger partial charge is 0.346 e. The van der Waals surface area contributed by atoms with Gasteiger partial charge in [-0.1, -0.05) is 36.4 Å². The lowest BCUT2D eigenvalue weighted by Gasteiger charge is -2.31. The molecule has 28 heavy (non-hydrogen) atoms. The molecule has 6 nitrogen and oxygen atoms in total. The fraction of sp³-hybridized carbons (Fsp3) is 0.381. The van der Waals surface area contributed by atoms with E-state index >= 15 is 0 Å². The molecular weight excluding hydrogens is 374 g/mol. The molecule has 0 spiro atoms. The van der Waals surface area contributed by atoms with Crippen LogP contribution in [-0.2, 0) is 10.0 Å². The van der Waals surface area contributed by atoms with Gasteiger partial charge in [-0.2, -0.15) is 4.31 Å². The Kier molecular flexibility index (Phi) is 6.17. The minimum Gasteiger partial charge on any atom is -0.346 e. The fourth-order valence-corrected chi connectivity index (χ4v) is 4.73. The van der Waals surface area contributed by atoms with Crippen molar-refractivity contribution in [3.05, 3.63) is 65.2 Å². The van der Waals surface area contributed by atoms with E-state index < -0.39 is 10.0 Å². The summed E-state index contributed by atoms with van der Waals surface area (Å²) in [5.41, 5.74) is 2.13. The summed E-state index contributed by atoms with van der Waals surface area (Å²) in [4.78, 5) is 15.1. The number of nitrogens with one attached hydrogen (secondary N) is 1. The molecule has 1 heterocycles. The Labute approximate surface area is 167 Å². The Bertz CT molecular complexity index is 937. The van der Waals surface area contributed by atoms with Crippen LogP contribution in [0.25, 0.3) is 0 Å². The molecule has 1 saturated heterocycles. The first-order chi connectivity index (χ1) is 13.3. The average molecular weight is 402 g/mol. The van der Waals surface area contributed by atoms with E-state index in [9.17, 15) is 13.2 Å². The van der Waals surface area contributed by atoms with E-state index in [0.717, 1.165) is 11.1 Å². The molecule has 7 heteroatoms. The number of carbonyl (C=O) groups excluding carboxylic acids is 1. The first-order valence-electron chi connectivity index (χ1n) is 9.44. The number of carbonyl (C=O) groups is 1. The van der Waals surface area contributed by atoms with Crippen LogP contribution < -0.4 is 5.32 Å². The van der Waals surface area contributed by atoms with Gasteiger partial charge in [0.25, 0.3) is 5.91 Å². The highest BCUT2D eigenvalue weighted by Gasteiger charge is 2.28. The summed E-state index contributed by atoms with van der Waals surface area (Å²) in [6.07, 6.45) is 0. The quantitative estimate of drug-likeness (QED) is 0.835. The van der Waals surface area contributed by atoms with Crippen molar-refractivity contribution in [2.24, 2.45) is 0 Å². The van der Waals surface area contributed by atoms with Gasteiger partial charge in [0, 0.05) is 31.7 Å². The van der Waals surface area contributed by atoms with Crippen molar-refractivity contribution in [1.82, 2.24) is 14.5 Å². The van der Waals surface area contributed by atoms with E-state index in [1.54, 1.807) is 12.1 Å². The Morgan fingerprint density at radius 3 is 2.32 bits per heavy atom. The van der Waals surface area contributed by atoms with Crippen LogP contribution in [0.4, 0.5) is 0 Å². The van der Waals surface area contributed by atoms with Crippen molar-refractivity contribution in [2.75, 3.05) is 33.2 Å². The normalized spacial score (nSPS) is 17.2. The number of benzene rings is 2. The van der Waals surface area contributed by atoms with Gasteiger partial charge in [0.15, 0.2) is 0 Å². The maximum Gasteiger partial charge on any atom is 0.252 e. The number of nitrogens with zero attached hydrogens (tertiary/aromatic N) is 2. The van der Waals surface area contributed by atoms with E-state index in [1.807, 2.05) is 51.2 Å². The third-order valence-corrected chi connectivity index (χ3v) is 7.10. The van der Waals surface area contributed by atoms with Crippen LogP contribution in [0.5, 0.6) is 0 Å². The molecule has 1 fully saturated rings. The molecule has 3 rings (SSSR count). The van der Waals surface area contributed by atoms with Crippen LogP contribution in [0.1, 0.15) is 34.5 Å². The maximum atomic E-state index is 13.0. The van der Waals surface area contributed by atoms with E-state index in [0.29, 0.717) is 31.7 Å². The monoisotopic (exact) mass is 401 g/mol. The second-order valence-electron chi connectivity index (χ2n) is 7.29. The second kappa shape index (κ2) is 8.43. The van der Waals surface area contributed by atoms with Crippen LogP contribution in [0.15, 0.2) is 53.4 Å². The highest BCUT2D eigenvalue weighted by atomic mass is 32.2. The zero-order chi connectivity index (χ0) is 20.3. The van der Waals surface area contributed by atoms with Gasteiger partial charge in [0.05, 0.1) is 10.9 Å². The molecular formula is C21H27N3O3S. The van der Waals surface area contributed by atoms with Gasteiger partial charge in [0.2, 0.25) is 10.0 Å². The summed E-state index contributed by atoms with van der Waals surface area (Å²) in [7, 11) is -1.63. The smallest absolute Gasteiger partial charge is 0.252 e. The molecule has 0 bridgehead atoms. The lowest BCUT2D eigenvalue weighted by Crippen LogP contribution is -2.47. The Balaban J connectivity index is 1.82. The van der Waals surface area contributed by atoms with Crippen molar-refractivity contribution in [3.63, 3.8) is 0 Å². The van der Waals surface area contributed by atoms with Crippen LogP contribution >= 0.6 is 0 Å². The summed E-state index contributed by atoms with van der Waals surface area (Å²) in [6, 6.07) is 14.3. The summed E-state index contributed by atoms with van der Waals surface area (Å²) in [6.45, 7) is 6.04. The average Bonchev–Trinajstić information content (AvgIpc) is 2.69. The summed E-state index contributed by atoms with van der Waals surface area (Å²) >= 11 is 0. The van der Waals surface area contributed by atoms with Gasteiger partial charge in [-0.25, -0.2) is 8.42 Å². The lowest BCUT2D eigenvalue weighted by atomic mass is 10.1. The van der Waals surface area contributed by atoms with E-state index in [1.165, 1.54) is 10.4 Å². The highest BCUT2D eigenvalue weighted by molar-refractivity contribution is 7.89. The molecule has 0 unspecified atom stereocenters. The maximum absolute atomic E-state index is 13.0. The Hall–Kier alpha value is -2.22. The van der Waals surface area contributed by atoms with Crippen molar-refractivity contribution >= 4 is 15.9 Å². The Morgan fingerprint density at radius 2 is 1.68 bits per heavy atom. The SMILES string of the molecule is Cc1ccc(S(=O)(=O)N2CCN(C)CC2)cc1C(=O)N[C@H](C)c1ccccc1. The van der Waals surface area contributed by atoms with Gasteiger partial charge >= 0.3 is 0 Å². The topological polar surface area (TPSA) is 69.7 Å². The standard InChI is InChI=1S/C21H27N3O3S/c1-16-9-10-19(28(26,27)24-13-11-23(3)12-14-24)15-20(16)21(25)22-17(2)18-7-5-4-6-8-18/h4-10,15,17H,11-14H2,1-3H3,(H,22,25)/t17-/m1/s1. The fourth-order valence-electron chi connectivity index (χ4n) is 3.28. The minimum absolute atomic E-state index is 0.167. The molecule has 0 saturated carbocycles. The molecule has 2 aromatic rings. The van der Waals surface area contributed by atoms with Crippen molar-refractivity contribution in [1.29, 1.82) is 0 Å². The first kappa shape index (κ1) is 20.5. The number of sulfonamides is 1. The van der Waals surface area contributed by atoms with Crippen LogP contribution in [0.3, 0.4) is 0 Å². The van der Waals surface area contributed by atoms with E-state index in [4.69, 9.17) is 0 Å². The molecule has 0 radical (unpaired) electrons. The van der Waals surface area contributed by atoms with Crippen LogP contribution in [0, 0.1) is 6.92 Å². The summed E-state index contributed by atoms with van der Waals surface area (Å²) in [5.74, 6) is -0.274. The number of rotatable bonds is 5. The number of amides is 1. The summed E-state index contributed by atoms with van der Waals surface area (Å²) in [5, 5.41) is 2.96. The molecule has 2 aromatic carbocycles. The molecule has 0 aliphatic carbocycles. The second-order valence-corrected chi connectivity index (χ2v) is 9.23. The molecule has 1 aliphatic heterocycles. The highest BCUT2D eigenvalue weighted by Crippen LogP contribution is 2.22. The zero-order valence-corrected chi connectivity index (χ0v) is 17.4. The van der Waals surface area contributed by atoms with Crippen molar-refractivity contribution in [2.45, 2.75) is 24.8 Å². The predicted octanol–water partition coefficient (Wildman–Crippen LogP) is 2.42. The van der Waals surface area contributed by atoms with Crippen LogP contribution in [-0.4, -0.2) is 56.8 Å². The van der Waals surface area contributed by atoms with Gasteiger partial charge in [-0.15, -0.1) is 0 Å². The number of likely N-dealkylation sites (N-methyl/N-ethyl adjacent to an activating group) is 1. The van der Waals surface area contributed by atoms with E-state index in [-0.39, 0.29) is 16.8 Å². The third-order valence-electron chi connectivity index (χ3n) is 5.20. The van der Waals surface area contributed by atoms with Crippen LogP contribution in [0.2, 0.25) is 0 Å². The molecule has 150 valence electrons.